The molecule has 0 radical (unpaired) electrons. The molecule has 1 N–H and O–H groups in total. The molecule has 6 heteroatoms. The van der Waals surface area contributed by atoms with E-state index in [1.54, 1.807) is 4.90 Å². The summed E-state index contributed by atoms with van der Waals surface area (Å²) < 4.78 is 26.2. The largest absolute Gasteiger partial charge is 0.350 e. The van der Waals surface area contributed by atoms with E-state index in [1.807, 2.05) is 38.1 Å². The Morgan fingerprint density at radius 2 is 1.77 bits per heavy atom. The van der Waals surface area contributed by atoms with Crippen molar-refractivity contribution in [3.63, 3.8) is 0 Å². The van der Waals surface area contributed by atoms with Gasteiger partial charge in [0.25, 0.3) is 5.91 Å². The summed E-state index contributed by atoms with van der Waals surface area (Å²) in [4.78, 5) is 25.7. The van der Waals surface area contributed by atoms with Crippen molar-refractivity contribution in [3.05, 3.63) is 65.2 Å². The number of benzene rings is 2. The summed E-state index contributed by atoms with van der Waals surface area (Å²) in [5.74, 6) is -2.50. The molecule has 0 saturated heterocycles. The maximum absolute atomic E-state index is 13.2. The standard InChI is InChI=1S/C20H22F2N2O2/c1-13(2)16-6-4-5-7-19(16)24(14(3)25)11-10-23-20(26)15-8-9-17(21)18(22)12-15/h4-9,12-13H,10-11H2,1-3H3,(H,23,26). The van der Waals surface area contributed by atoms with Crippen molar-refractivity contribution in [1.29, 1.82) is 0 Å². The topological polar surface area (TPSA) is 49.4 Å². The van der Waals surface area contributed by atoms with E-state index in [2.05, 4.69) is 5.32 Å². The summed E-state index contributed by atoms with van der Waals surface area (Å²) in [5, 5.41) is 2.63. The minimum Gasteiger partial charge on any atom is -0.350 e. The van der Waals surface area contributed by atoms with Crippen LogP contribution in [-0.2, 0) is 4.79 Å². The number of hydrogen-bond donors (Lipinski definition) is 1. The molecule has 0 aliphatic heterocycles. The molecular weight excluding hydrogens is 338 g/mol. The smallest absolute Gasteiger partial charge is 0.251 e. The molecule has 26 heavy (non-hydrogen) atoms. The zero-order chi connectivity index (χ0) is 19.3. The van der Waals surface area contributed by atoms with Gasteiger partial charge >= 0.3 is 0 Å². The second-order valence-corrected chi connectivity index (χ2v) is 6.27. The van der Waals surface area contributed by atoms with Crippen LogP contribution in [0.1, 0.15) is 42.6 Å². The lowest BCUT2D eigenvalue weighted by molar-refractivity contribution is -0.116. The zero-order valence-electron chi connectivity index (χ0n) is 15.1. The molecule has 2 aromatic rings. The Morgan fingerprint density at radius 3 is 2.38 bits per heavy atom. The van der Waals surface area contributed by atoms with Gasteiger partial charge in [0, 0.05) is 31.3 Å². The Hall–Kier alpha value is -2.76. The average molecular weight is 360 g/mol. The quantitative estimate of drug-likeness (QED) is 0.850. The molecule has 0 atom stereocenters. The summed E-state index contributed by atoms with van der Waals surface area (Å²) in [7, 11) is 0. The van der Waals surface area contributed by atoms with Crippen molar-refractivity contribution >= 4 is 17.5 Å². The van der Waals surface area contributed by atoms with Crippen LogP contribution in [0.2, 0.25) is 0 Å². The molecule has 138 valence electrons. The first-order chi connectivity index (χ1) is 12.3. The van der Waals surface area contributed by atoms with Gasteiger partial charge in [-0.2, -0.15) is 0 Å². The minimum atomic E-state index is -1.08. The highest BCUT2D eigenvalue weighted by Crippen LogP contribution is 2.27. The number of nitrogens with one attached hydrogen (secondary N) is 1. The van der Waals surface area contributed by atoms with E-state index in [0.717, 1.165) is 23.4 Å². The Balaban J connectivity index is 2.07. The lowest BCUT2D eigenvalue weighted by atomic mass is 10.0. The third kappa shape index (κ3) is 4.65. The Bertz CT molecular complexity index is 806. The molecule has 0 spiro atoms. The molecule has 0 heterocycles. The average Bonchev–Trinajstić information content (AvgIpc) is 2.60. The Kier molecular flexibility index (Phi) is 6.44. The van der Waals surface area contributed by atoms with Crippen LogP contribution >= 0.6 is 0 Å². The number of carbonyl (C=O) groups is 2. The molecule has 0 bridgehead atoms. The van der Waals surface area contributed by atoms with Crippen molar-refractivity contribution in [2.45, 2.75) is 26.7 Å². The highest BCUT2D eigenvalue weighted by molar-refractivity contribution is 5.95. The van der Waals surface area contributed by atoms with Gasteiger partial charge < -0.3 is 10.2 Å². The van der Waals surface area contributed by atoms with E-state index >= 15 is 0 Å². The number of carbonyl (C=O) groups excluding carboxylic acids is 2. The first-order valence-corrected chi connectivity index (χ1v) is 8.41. The van der Waals surface area contributed by atoms with E-state index in [4.69, 9.17) is 0 Å². The number of anilines is 1. The number of nitrogens with zero attached hydrogens (tertiary/aromatic N) is 1. The molecule has 0 saturated carbocycles. The van der Waals surface area contributed by atoms with Crippen molar-refractivity contribution in [1.82, 2.24) is 5.32 Å². The van der Waals surface area contributed by atoms with E-state index in [9.17, 15) is 18.4 Å². The summed E-state index contributed by atoms with van der Waals surface area (Å²) in [6.07, 6.45) is 0. The van der Waals surface area contributed by atoms with Gasteiger partial charge in [0.15, 0.2) is 11.6 Å². The summed E-state index contributed by atoms with van der Waals surface area (Å²) in [5.41, 5.74) is 1.87. The van der Waals surface area contributed by atoms with Gasteiger partial charge in [0.05, 0.1) is 0 Å². The third-order valence-corrected chi connectivity index (χ3v) is 4.03. The van der Waals surface area contributed by atoms with Gasteiger partial charge in [-0.3, -0.25) is 9.59 Å². The molecule has 2 amide bonds. The molecule has 0 fully saturated rings. The van der Waals surface area contributed by atoms with Gasteiger partial charge in [0.2, 0.25) is 5.91 Å². The van der Waals surface area contributed by atoms with Crippen molar-refractivity contribution in [3.8, 4) is 0 Å². The predicted molar refractivity (Wildman–Crippen MR) is 97.2 cm³/mol. The Labute approximate surface area is 151 Å². The lowest BCUT2D eigenvalue weighted by Crippen LogP contribution is -2.38. The van der Waals surface area contributed by atoms with Crippen LogP contribution in [0.4, 0.5) is 14.5 Å². The normalized spacial score (nSPS) is 10.7. The monoisotopic (exact) mass is 360 g/mol. The molecule has 4 nitrogen and oxygen atoms in total. The summed E-state index contributed by atoms with van der Waals surface area (Å²) in [6.45, 7) is 6.01. The molecule has 0 unspecified atom stereocenters. The third-order valence-electron chi connectivity index (χ3n) is 4.03. The van der Waals surface area contributed by atoms with Crippen LogP contribution in [0.15, 0.2) is 42.5 Å². The van der Waals surface area contributed by atoms with Gasteiger partial charge in [-0.25, -0.2) is 8.78 Å². The number of para-hydroxylation sites is 1. The molecule has 2 aromatic carbocycles. The van der Waals surface area contributed by atoms with Crippen molar-refractivity contribution in [2.24, 2.45) is 0 Å². The highest BCUT2D eigenvalue weighted by atomic mass is 19.2. The molecule has 2 rings (SSSR count). The van der Waals surface area contributed by atoms with Crippen LogP contribution in [0.5, 0.6) is 0 Å². The number of rotatable bonds is 6. The van der Waals surface area contributed by atoms with E-state index < -0.39 is 17.5 Å². The number of halogens is 2. The molecule has 0 aromatic heterocycles. The van der Waals surface area contributed by atoms with Crippen LogP contribution in [0.3, 0.4) is 0 Å². The van der Waals surface area contributed by atoms with Crippen molar-refractivity contribution < 1.29 is 18.4 Å². The molecular formula is C20H22F2N2O2. The van der Waals surface area contributed by atoms with E-state index in [0.29, 0.717) is 0 Å². The Morgan fingerprint density at radius 1 is 1.08 bits per heavy atom. The fourth-order valence-electron chi connectivity index (χ4n) is 2.69. The molecule has 0 aliphatic carbocycles. The fraction of sp³-hybridized carbons (Fsp3) is 0.300. The first-order valence-electron chi connectivity index (χ1n) is 8.41. The van der Waals surface area contributed by atoms with E-state index in [-0.39, 0.29) is 30.5 Å². The predicted octanol–water partition coefficient (Wildman–Crippen LogP) is 3.87. The maximum atomic E-state index is 13.2. The van der Waals surface area contributed by atoms with Gasteiger partial charge in [-0.05, 0) is 35.7 Å². The second kappa shape index (κ2) is 8.56. The summed E-state index contributed by atoms with van der Waals surface area (Å²) >= 11 is 0. The lowest BCUT2D eigenvalue weighted by Gasteiger charge is -2.25. The fourth-order valence-corrected chi connectivity index (χ4v) is 2.69. The zero-order valence-corrected chi connectivity index (χ0v) is 15.1. The van der Waals surface area contributed by atoms with Crippen LogP contribution in [0, 0.1) is 11.6 Å². The highest BCUT2D eigenvalue weighted by Gasteiger charge is 2.17. The first kappa shape index (κ1) is 19.6. The number of hydrogen-bond acceptors (Lipinski definition) is 2. The van der Waals surface area contributed by atoms with Crippen LogP contribution in [0.25, 0.3) is 0 Å². The second-order valence-electron chi connectivity index (χ2n) is 6.27. The van der Waals surface area contributed by atoms with Gasteiger partial charge in [-0.15, -0.1) is 0 Å². The summed E-state index contributed by atoms with van der Waals surface area (Å²) in [6, 6.07) is 10.6. The maximum Gasteiger partial charge on any atom is 0.251 e. The van der Waals surface area contributed by atoms with Crippen LogP contribution < -0.4 is 10.2 Å². The SMILES string of the molecule is CC(=O)N(CCNC(=O)c1ccc(F)c(F)c1)c1ccccc1C(C)C. The van der Waals surface area contributed by atoms with Crippen LogP contribution in [-0.4, -0.2) is 24.9 Å². The molecule has 0 aliphatic rings. The van der Waals surface area contributed by atoms with Gasteiger partial charge in [-0.1, -0.05) is 32.0 Å². The minimum absolute atomic E-state index is 0.0286. The van der Waals surface area contributed by atoms with Crippen molar-refractivity contribution in [2.75, 3.05) is 18.0 Å². The number of amides is 2. The van der Waals surface area contributed by atoms with Gasteiger partial charge in [0.1, 0.15) is 0 Å². The van der Waals surface area contributed by atoms with E-state index in [1.165, 1.54) is 13.0 Å².